The molecule has 3 heteroatoms. The summed E-state index contributed by atoms with van der Waals surface area (Å²) >= 11 is 0. The number of hydrogen-bond donors (Lipinski definition) is 1. The number of primary amides is 1. The van der Waals surface area contributed by atoms with Gasteiger partial charge < -0.3 is 10.6 Å². The summed E-state index contributed by atoms with van der Waals surface area (Å²) in [5, 5.41) is 0. The highest BCUT2D eigenvalue weighted by Crippen LogP contribution is 2.33. The summed E-state index contributed by atoms with van der Waals surface area (Å²) in [7, 11) is 0. The maximum atomic E-state index is 11.4. The first-order valence-electron chi connectivity index (χ1n) is 8.26. The van der Waals surface area contributed by atoms with Crippen molar-refractivity contribution < 1.29 is 4.79 Å². The molecule has 0 unspecified atom stereocenters. The first-order valence-corrected chi connectivity index (χ1v) is 8.26. The number of rotatable bonds is 6. The van der Waals surface area contributed by atoms with Crippen molar-refractivity contribution in [2.24, 2.45) is 5.73 Å². The van der Waals surface area contributed by atoms with Gasteiger partial charge in [-0.05, 0) is 35.4 Å². The van der Waals surface area contributed by atoms with E-state index in [2.05, 4.69) is 13.2 Å². The molecular formula is C23H20N2O. The molecule has 0 atom stereocenters. The average molecular weight is 340 g/mol. The molecule has 128 valence electrons. The minimum absolute atomic E-state index is 0.452. The minimum atomic E-state index is -0.452. The van der Waals surface area contributed by atoms with E-state index in [9.17, 15) is 4.79 Å². The van der Waals surface area contributed by atoms with Gasteiger partial charge in [0, 0.05) is 22.6 Å². The standard InChI is InChI=1S/C23H20N2O/c1-17(19-9-5-3-6-10-19)25(18(2)20-11-7-4-8-12-20)22-15-13-21(14-16-22)23(24)26/h3-16H,1-2H2,(H2,24,26). The molecule has 0 aliphatic carbocycles. The molecule has 0 saturated carbocycles. The van der Waals surface area contributed by atoms with Gasteiger partial charge in [0.1, 0.15) is 0 Å². The van der Waals surface area contributed by atoms with E-state index in [0.29, 0.717) is 5.56 Å². The number of amides is 1. The fourth-order valence-electron chi connectivity index (χ4n) is 2.77. The molecule has 0 aromatic heterocycles. The Bertz CT molecular complexity index is 877. The van der Waals surface area contributed by atoms with Gasteiger partial charge in [0.15, 0.2) is 0 Å². The van der Waals surface area contributed by atoms with Crippen LogP contribution in [-0.2, 0) is 0 Å². The molecule has 0 aliphatic heterocycles. The van der Waals surface area contributed by atoms with Gasteiger partial charge >= 0.3 is 0 Å². The van der Waals surface area contributed by atoms with Gasteiger partial charge in [-0.15, -0.1) is 0 Å². The highest BCUT2D eigenvalue weighted by atomic mass is 16.1. The molecule has 0 fully saturated rings. The molecule has 26 heavy (non-hydrogen) atoms. The Morgan fingerprint density at radius 1 is 0.654 bits per heavy atom. The summed E-state index contributed by atoms with van der Waals surface area (Å²) in [6.45, 7) is 8.56. The zero-order valence-corrected chi connectivity index (χ0v) is 14.4. The Morgan fingerprint density at radius 2 is 1.08 bits per heavy atom. The van der Waals surface area contributed by atoms with Crippen LogP contribution in [0.3, 0.4) is 0 Å². The highest BCUT2D eigenvalue weighted by molar-refractivity contribution is 5.96. The van der Waals surface area contributed by atoms with E-state index in [1.165, 1.54) is 0 Å². The predicted octanol–water partition coefficient (Wildman–Crippen LogP) is 4.93. The van der Waals surface area contributed by atoms with Crippen molar-refractivity contribution >= 4 is 23.0 Å². The molecular weight excluding hydrogens is 320 g/mol. The largest absolute Gasteiger partial charge is 0.366 e. The number of nitrogens with two attached hydrogens (primary N) is 1. The summed E-state index contributed by atoms with van der Waals surface area (Å²) in [6, 6.07) is 27.0. The second-order valence-corrected chi connectivity index (χ2v) is 5.87. The first-order chi connectivity index (χ1) is 12.6. The first kappa shape index (κ1) is 17.2. The number of carbonyl (C=O) groups excluding carboxylic acids is 1. The number of carbonyl (C=O) groups is 1. The Labute approximate surface area is 153 Å². The molecule has 0 radical (unpaired) electrons. The summed E-state index contributed by atoms with van der Waals surface area (Å²) < 4.78 is 0. The van der Waals surface area contributed by atoms with Gasteiger partial charge in [-0.3, -0.25) is 4.79 Å². The zero-order valence-electron chi connectivity index (χ0n) is 14.4. The van der Waals surface area contributed by atoms with Gasteiger partial charge in [0.25, 0.3) is 0 Å². The molecule has 0 spiro atoms. The molecule has 0 bridgehead atoms. The highest BCUT2D eigenvalue weighted by Gasteiger charge is 2.17. The molecule has 0 saturated heterocycles. The van der Waals surface area contributed by atoms with Gasteiger partial charge in [0.2, 0.25) is 5.91 Å². The summed E-state index contributed by atoms with van der Waals surface area (Å²) in [5.74, 6) is -0.452. The topological polar surface area (TPSA) is 46.3 Å². The lowest BCUT2D eigenvalue weighted by atomic mass is 10.1. The molecule has 1 amide bonds. The third-order valence-corrected chi connectivity index (χ3v) is 4.16. The van der Waals surface area contributed by atoms with Crippen molar-refractivity contribution in [1.29, 1.82) is 0 Å². The van der Waals surface area contributed by atoms with Crippen LogP contribution in [0, 0.1) is 0 Å². The lowest BCUT2D eigenvalue weighted by Gasteiger charge is -2.29. The van der Waals surface area contributed by atoms with Crippen molar-refractivity contribution in [3.8, 4) is 0 Å². The lowest BCUT2D eigenvalue weighted by molar-refractivity contribution is 0.100. The van der Waals surface area contributed by atoms with E-state index in [0.717, 1.165) is 28.2 Å². The van der Waals surface area contributed by atoms with Crippen molar-refractivity contribution in [1.82, 2.24) is 0 Å². The Balaban J connectivity index is 2.05. The van der Waals surface area contributed by atoms with Gasteiger partial charge in [-0.2, -0.15) is 0 Å². The second-order valence-electron chi connectivity index (χ2n) is 5.87. The van der Waals surface area contributed by atoms with E-state index in [4.69, 9.17) is 5.73 Å². The van der Waals surface area contributed by atoms with Crippen LogP contribution in [0.25, 0.3) is 11.4 Å². The van der Waals surface area contributed by atoms with Crippen LogP contribution in [0.2, 0.25) is 0 Å². The lowest BCUT2D eigenvalue weighted by Crippen LogP contribution is -2.19. The van der Waals surface area contributed by atoms with Gasteiger partial charge in [0.05, 0.1) is 0 Å². The third kappa shape index (κ3) is 3.57. The minimum Gasteiger partial charge on any atom is -0.366 e. The molecule has 0 heterocycles. The molecule has 3 nitrogen and oxygen atoms in total. The number of anilines is 1. The maximum absolute atomic E-state index is 11.4. The Hall–Kier alpha value is -3.59. The van der Waals surface area contributed by atoms with Gasteiger partial charge in [-0.1, -0.05) is 73.8 Å². The molecule has 3 aromatic carbocycles. The average Bonchev–Trinajstić information content (AvgIpc) is 2.69. The van der Waals surface area contributed by atoms with E-state index >= 15 is 0 Å². The Morgan fingerprint density at radius 3 is 1.46 bits per heavy atom. The van der Waals surface area contributed by atoms with E-state index in [1.54, 1.807) is 12.1 Å². The monoisotopic (exact) mass is 340 g/mol. The number of hydrogen-bond acceptors (Lipinski definition) is 2. The quantitative estimate of drug-likeness (QED) is 0.691. The normalized spacial score (nSPS) is 10.2. The molecule has 3 rings (SSSR count). The summed E-state index contributed by atoms with van der Waals surface area (Å²) in [4.78, 5) is 13.3. The predicted molar refractivity (Wildman–Crippen MR) is 108 cm³/mol. The van der Waals surface area contributed by atoms with E-state index < -0.39 is 5.91 Å². The van der Waals surface area contributed by atoms with Crippen molar-refractivity contribution in [3.05, 3.63) is 115 Å². The van der Waals surface area contributed by atoms with Crippen molar-refractivity contribution in [3.63, 3.8) is 0 Å². The smallest absolute Gasteiger partial charge is 0.248 e. The Kier molecular flexibility index (Phi) is 4.99. The van der Waals surface area contributed by atoms with Crippen molar-refractivity contribution in [2.75, 3.05) is 4.90 Å². The van der Waals surface area contributed by atoms with Crippen LogP contribution < -0.4 is 10.6 Å². The van der Waals surface area contributed by atoms with E-state index in [1.807, 2.05) is 77.7 Å². The van der Waals surface area contributed by atoms with Crippen LogP contribution in [0.4, 0.5) is 5.69 Å². The van der Waals surface area contributed by atoms with E-state index in [-0.39, 0.29) is 0 Å². The van der Waals surface area contributed by atoms with Crippen LogP contribution in [0.1, 0.15) is 21.5 Å². The van der Waals surface area contributed by atoms with Crippen LogP contribution in [0.5, 0.6) is 0 Å². The third-order valence-electron chi connectivity index (χ3n) is 4.16. The van der Waals surface area contributed by atoms with Crippen LogP contribution in [-0.4, -0.2) is 5.91 Å². The van der Waals surface area contributed by atoms with Crippen LogP contribution >= 0.6 is 0 Å². The van der Waals surface area contributed by atoms with Gasteiger partial charge in [-0.25, -0.2) is 0 Å². The number of benzene rings is 3. The SMILES string of the molecule is C=C(c1ccccc1)N(C(=C)c1ccccc1)c1ccc(C(N)=O)cc1. The molecule has 3 aromatic rings. The number of nitrogens with zero attached hydrogens (tertiary/aromatic N) is 1. The second kappa shape index (κ2) is 7.53. The molecule has 2 N–H and O–H groups in total. The fraction of sp³-hybridized carbons (Fsp3) is 0. The fourth-order valence-corrected chi connectivity index (χ4v) is 2.77. The maximum Gasteiger partial charge on any atom is 0.248 e. The summed E-state index contributed by atoms with van der Waals surface area (Å²) in [6.07, 6.45) is 0. The molecule has 0 aliphatic rings. The zero-order chi connectivity index (χ0) is 18.5. The van der Waals surface area contributed by atoms with Crippen LogP contribution in [0.15, 0.2) is 98.1 Å². The summed E-state index contributed by atoms with van der Waals surface area (Å²) in [5.41, 5.74) is 10.2. The van der Waals surface area contributed by atoms with Crippen molar-refractivity contribution in [2.45, 2.75) is 0 Å².